The van der Waals surface area contributed by atoms with Crippen molar-refractivity contribution in [3.05, 3.63) is 75.8 Å². The van der Waals surface area contributed by atoms with Crippen molar-refractivity contribution in [2.45, 2.75) is 13.5 Å². The maximum Gasteiger partial charge on any atom is 0.274 e. The molecule has 0 aliphatic rings. The zero-order valence-electron chi connectivity index (χ0n) is 12.8. The summed E-state index contributed by atoms with van der Waals surface area (Å²) >= 11 is 3.37. The lowest BCUT2D eigenvalue weighted by Gasteiger charge is -2.06. The lowest BCUT2D eigenvalue weighted by Crippen LogP contribution is -2.24. The number of hydrogen-bond donors (Lipinski definition) is 1. The first-order valence-corrected chi connectivity index (χ1v) is 8.05. The summed E-state index contributed by atoms with van der Waals surface area (Å²) in [5.74, 6) is -0.743. The Bertz CT molecular complexity index is 877. The van der Waals surface area contributed by atoms with Crippen LogP contribution in [0.3, 0.4) is 0 Å². The number of halogens is 2. The summed E-state index contributed by atoms with van der Waals surface area (Å²) in [5.41, 5.74) is 2.05. The van der Waals surface area contributed by atoms with Gasteiger partial charge in [0.05, 0.1) is 11.4 Å². The van der Waals surface area contributed by atoms with Gasteiger partial charge in [0.25, 0.3) is 5.91 Å². The highest BCUT2D eigenvalue weighted by atomic mass is 79.9. The summed E-state index contributed by atoms with van der Waals surface area (Å²) in [5, 5.41) is 10.6. The SMILES string of the molecule is Cc1c(C(=O)NCc2ccccc2F)nnn1-c1ccc(Br)cc1. The largest absolute Gasteiger partial charge is 0.346 e. The number of carbonyl (C=O) groups excluding carboxylic acids is 1. The van der Waals surface area contributed by atoms with E-state index in [9.17, 15) is 9.18 Å². The fourth-order valence-corrected chi connectivity index (χ4v) is 2.53. The Kier molecular flexibility index (Phi) is 4.71. The van der Waals surface area contributed by atoms with Crippen molar-refractivity contribution in [3.63, 3.8) is 0 Å². The van der Waals surface area contributed by atoms with Crippen molar-refractivity contribution in [3.8, 4) is 5.69 Å². The average molecular weight is 389 g/mol. The first kappa shape index (κ1) is 16.3. The highest BCUT2D eigenvalue weighted by Gasteiger charge is 2.17. The van der Waals surface area contributed by atoms with Gasteiger partial charge >= 0.3 is 0 Å². The van der Waals surface area contributed by atoms with Gasteiger partial charge < -0.3 is 5.32 Å². The van der Waals surface area contributed by atoms with Gasteiger partial charge in [-0.1, -0.05) is 39.3 Å². The normalized spacial score (nSPS) is 10.6. The predicted octanol–water partition coefficient (Wildman–Crippen LogP) is 3.41. The van der Waals surface area contributed by atoms with E-state index in [-0.39, 0.29) is 24.0 Å². The van der Waals surface area contributed by atoms with Gasteiger partial charge in [0.1, 0.15) is 5.82 Å². The quantitative estimate of drug-likeness (QED) is 0.744. The zero-order chi connectivity index (χ0) is 17.1. The minimum absolute atomic E-state index is 0.0933. The average Bonchev–Trinajstić information content (AvgIpc) is 2.96. The van der Waals surface area contributed by atoms with Crippen LogP contribution in [0.5, 0.6) is 0 Å². The highest BCUT2D eigenvalue weighted by Crippen LogP contribution is 2.16. The van der Waals surface area contributed by atoms with Crippen molar-refractivity contribution in [1.29, 1.82) is 0 Å². The van der Waals surface area contributed by atoms with Crippen LogP contribution in [0.1, 0.15) is 21.7 Å². The molecular formula is C17H14BrFN4O. The van der Waals surface area contributed by atoms with Crippen LogP contribution in [0.4, 0.5) is 4.39 Å². The molecule has 0 atom stereocenters. The van der Waals surface area contributed by atoms with Crippen LogP contribution in [0.15, 0.2) is 53.0 Å². The van der Waals surface area contributed by atoms with E-state index in [1.807, 2.05) is 24.3 Å². The number of benzene rings is 2. The van der Waals surface area contributed by atoms with Gasteiger partial charge in [-0.3, -0.25) is 4.79 Å². The van der Waals surface area contributed by atoms with Crippen molar-refractivity contribution >= 4 is 21.8 Å². The summed E-state index contributed by atoms with van der Waals surface area (Å²) in [6.45, 7) is 1.86. The summed E-state index contributed by atoms with van der Waals surface area (Å²) in [4.78, 5) is 12.3. The monoisotopic (exact) mass is 388 g/mol. The third-order valence-corrected chi connectivity index (χ3v) is 4.11. The minimum Gasteiger partial charge on any atom is -0.346 e. The van der Waals surface area contributed by atoms with Crippen LogP contribution in [0.2, 0.25) is 0 Å². The minimum atomic E-state index is -0.390. The van der Waals surface area contributed by atoms with Crippen molar-refractivity contribution in [2.24, 2.45) is 0 Å². The number of carbonyl (C=O) groups is 1. The lowest BCUT2D eigenvalue weighted by molar-refractivity contribution is 0.0945. The molecule has 0 saturated carbocycles. The molecule has 0 fully saturated rings. The number of hydrogen-bond acceptors (Lipinski definition) is 3. The molecule has 1 heterocycles. The maximum atomic E-state index is 13.6. The second-order valence-electron chi connectivity index (χ2n) is 5.19. The Hall–Kier alpha value is -2.54. The summed E-state index contributed by atoms with van der Waals surface area (Å²) in [7, 11) is 0. The molecule has 0 aliphatic heterocycles. The maximum absolute atomic E-state index is 13.6. The van der Waals surface area contributed by atoms with E-state index in [1.54, 1.807) is 29.8 Å². The van der Waals surface area contributed by atoms with E-state index in [0.717, 1.165) is 10.2 Å². The topological polar surface area (TPSA) is 59.8 Å². The molecule has 24 heavy (non-hydrogen) atoms. The number of amides is 1. The molecule has 7 heteroatoms. The second kappa shape index (κ2) is 6.92. The summed E-state index contributed by atoms with van der Waals surface area (Å²) in [6.07, 6.45) is 0. The molecule has 1 aromatic heterocycles. The molecule has 0 spiro atoms. The Balaban J connectivity index is 1.76. The van der Waals surface area contributed by atoms with Crippen LogP contribution in [-0.4, -0.2) is 20.9 Å². The van der Waals surface area contributed by atoms with E-state index < -0.39 is 0 Å². The van der Waals surface area contributed by atoms with E-state index in [2.05, 4.69) is 31.6 Å². The van der Waals surface area contributed by atoms with Crippen LogP contribution < -0.4 is 5.32 Å². The van der Waals surface area contributed by atoms with E-state index >= 15 is 0 Å². The Labute approximate surface area is 146 Å². The van der Waals surface area contributed by atoms with Crippen LogP contribution in [-0.2, 0) is 6.54 Å². The smallest absolute Gasteiger partial charge is 0.274 e. The molecule has 5 nitrogen and oxygen atoms in total. The van der Waals surface area contributed by atoms with E-state index in [1.165, 1.54) is 6.07 Å². The van der Waals surface area contributed by atoms with Gasteiger partial charge in [0.15, 0.2) is 5.69 Å². The van der Waals surface area contributed by atoms with E-state index in [4.69, 9.17) is 0 Å². The lowest BCUT2D eigenvalue weighted by atomic mass is 10.2. The van der Waals surface area contributed by atoms with Crippen LogP contribution >= 0.6 is 15.9 Å². The first-order valence-electron chi connectivity index (χ1n) is 7.26. The van der Waals surface area contributed by atoms with Gasteiger partial charge in [-0.2, -0.15) is 0 Å². The Morgan fingerprint density at radius 1 is 1.21 bits per heavy atom. The third-order valence-electron chi connectivity index (χ3n) is 3.58. The molecule has 2 aromatic carbocycles. The van der Waals surface area contributed by atoms with Gasteiger partial charge in [0, 0.05) is 16.6 Å². The molecule has 0 unspecified atom stereocenters. The second-order valence-corrected chi connectivity index (χ2v) is 6.10. The molecular weight excluding hydrogens is 375 g/mol. The van der Waals surface area contributed by atoms with E-state index in [0.29, 0.717) is 11.3 Å². The third kappa shape index (κ3) is 3.35. The van der Waals surface area contributed by atoms with Crippen molar-refractivity contribution < 1.29 is 9.18 Å². The number of nitrogens with zero attached hydrogens (tertiary/aromatic N) is 3. The molecule has 3 aromatic rings. The summed E-state index contributed by atoms with van der Waals surface area (Å²) in [6, 6.07) is 13.8. The Morgan fingerprint density at radius 2 is 1.92 bits per heavy atom. The molecule has 1 amide bonds. The predicted molar refractivity (Wildman–Crippen MR) is 91.4 cm³/mol. The Morgan fingerprint density at radius 3 is 2.62 bits per heavy atom. The standard InChI is InChI=1S/C17H14BrFN4O/c1-11-16(17(24)20-10-12-4-2-3-5-15(12)19)21-22-23(11)14-8-6-13(18)7-9-14/h2-9H,10H2,1H3,(H,20,24). The number of aromatic nitrogens is 3. The molecule has 0 aliphatic carbocycles. The molecule has 122 valence electrons. The summed E-state index contributed by atoms with van der Waals surface area (Å²) < 4.78 is 16.1. The number of nitrogens with one attached hydrogen (secondary N) is 1. The van der Waals surface area contributed by atoms with Gasteiger partial charge in [-0.25, -0.2) is 9.07 Å². The van der Waals surface area contributed by atoms with Gasteiger partial charge in [-0.05, 0) is 37.3 Å². The van der Waals surface area contributed by atoms with Crippen molar-refractivity contribution in [1.82, 2.24) is 20.3 Å². The zero-order valence-corrected chi connectivity index (χ0v) is 14.4. The van der Waals surface area contributed by atoms with Gasteiger partial charge in [0.2, 0.25) is 0 Å². The molecule has 1 N–H and O–H groups in total. The highest BCUT2D eigenvalue weighted by molar-refractivity contribution is 9.10. The molecule has 0 saturated heterocycles. The molecule has 3 rings (SSSR count). The van der Waals surface area contributed by atoms with Crippen LogP contribution in [0.25, 0.3) is 5.69 Å². The van der Waals surface area contributed by atoms with Crippen LogP contribution in [0, 0.1) is 12.7 Å². The first-order chi connectivity index (χ1) is 11.6. The van der Waals surface area contributed by atoms with Crippen molar-refractivity contribution in [2.75, 3.05) is 0 Å². The molecule has 0 bridgehead atoms. The molecule has 0 radical (unpaired) electrons. The van der Waals surface area contributed by atoms with Gasteiger partial charge in [-0.15, -0.1) is 5.10 Å². The fourth-order valence-electron chi connectivity index (χ4n) is 2.27. The number of rotatable bonds is 4. The fraction of sp³-hybridized carbons (Fsp3) is 0.118.